The maximum atomic E-state index is 12.1. The molecule has 2 heterocycles. The van der Waals surface area contributed by atoms with E-state index in [4.69, 9.17) is 9.52 Å². The Hall–Kier alpha value is -0.780. The quantitative estimate of drug-likeness (QED) is 0.736. The van der Waals surface area contributed by atoms with Crippen LogP contribution in [0.15, 0.2) is 0 Å². The van der Waals surface area contributed by atoms with Crippen molar-refractivity contribution in [2.45, 2.75) is 51.2 Å². The lowest BCUT2D eigenvalue weighted by Crippen LogP contribution is -2.65. The number of nitrogens with one attached hydrogen (secondary N) is 1. The molecule has 6 heteroatoms. The standard InChI is InChI=1S/C12H22N2O3S/c1-11(2,3)17-10(15)14-7-4-12(14)5-8-18(13,16)9-6-12/h13H,4-9H2,1-3H3. The van der Waals surface area contributed by atoms with Crippen molar-refractivity contribution in [2.75, 3.05) is 18.1 Å². The Bertz CT molecular complexity index is 436. The largest absolute Gasteiger partial charge is 0.444 e. The Morgan fingerprint density at radius 2 is 1.83 bits per heavy atom. The highest BCUT2D eigenvalue weighted by Crippen LogP contribution is 2.41. The molecule has 1 N–H and O–H groups in total. The minimum absolute atomic E-state index is 0.176. The minimum atomic E-state index is -2.39. The van der Waals surface area contributed by atoms with E-state index in [0.717, 1.165) is 6.42 Å². The molecule has 0 aromatic heterocycles. The van der Waals surface area contributed by atoms with Crippen molar-refractivity contribution in [3.63, 3.8) is 0 Å². The van der Waals surface area contributed by atoms with E-state index in [1.807, 2.05) is 20.8 Å². The number of amides is 1. The fraction of sp³-hybridized carbons (Fsp3) is 0.917. The second-order valence-corrected chi connectivity index (χ2v) is 8.77. The van der Waals surface area contributed by atoms with E-state index in [1.165, 1.54) is 0 Å². The van der Waals surface area contributed by atoms with Crippen molar-refractivity contribution in [3.8, 4) is 0 Å². The van der Waals surface area contributed by atoms with Crippen LogP contribution in [0.1, 0.15) is 40.0 Å². The van der Waals surface area contributed by atoms with Crippen LogP contribution in [0.4, 0.5) is 4.79 Å². The summed E-state index contributed by atoms with van der Waals surface area (Å²) in [5, 5.41) is 0. The third kappa shape index (κ3) is 2.63. The van der Waals surface area contributed by atoms with Crippen LogP contribution in [-0.2, 0) is 14.5 Å². The molecular formula is C12H22N2O3S. The molecule has 5 nitrogen and oxygen atoms in total. The van der Waals surface area contributed by atoms with Gasteiger partial charge in [0.15, 0.2) is 0 Å². The van der Waals surface area contributed by atoms with Crippen molar-refractivity contribution < 1.29 is 13.7 Å². The zero-order valence-corrected chi connectivity index (χ0v) is 12.1. The summed E-state index contributed by atoms with van der Waals surface area (Å²) < 4.78 is 24.7. The zero-order valence-electron chi connectivity index (χ0n) is 11.3. The molecule has 104 valence electrons. The summed E-state index contributed by atoms with van der Waals surface area (Å²) in [6.07, 6.45) is 2.03. The van der Waals surface area contributed by atoms with Crippen LogP contribution < -0.4 is 0 Å². The molecule has 0 unspecified atom stereocenters. The molecule has 18 heavy (non-hydrogen) atoms. The van der Waals surface area contributed by atoms with Crippen LogP contribution in [0.3, 0.4) is 0 Å². The predicted molar refractivity (Wildman–Crippen MR) is 70.1 cm³/mol. The van der Waals surface area contributed by atoms with Gasteiger partial charge in [0, 0.05) is 33.3 Å². The van der Waals surface area contributed by atoms with Gasteiger partial charge in [-0.3, -0.25) is 4.78 Å². The molecule has 2 aliphatic rings. The van der Waals surface area contributed by atoms with E-state index in [0.29, 0.717) is 30.9 Å². The van der Waals surface area contributed by atoms with E-state index < -0.39 is 15.3 Å². The maximum absolute atomic E-state index is 12.1. The zero-order chi connectivity index (χ0) is 13.6. The number of carbonyl (C=O) groups is 1. The molecule has 1 amide bonds. The average molecular weight is 274 g/mol. The molecular weight excluding hydrogens is 252 g/mol. The third-order valence-corrected chi connectivity index (χ3v) is 5.51. The SMILES string of the molecule is CC(C)(C)OC(=O)N1CCC12CCS(=N)(=O)CC2. The van der Waals surface area contributed by atoms with Crippen molar-refractivity contribution in [1.82, 2.24) is 4.90 Å². The molecule has 0 atom stereocenters. The number of hydrogen-bond donors (Lipinski definition) is 1. The van der Waals surface area contributed by atoms with Gasteiger partial charge in [-0.15, -0.1) is 0 Å². The number of likely N-dealkylation sites (tertiary alicyclic amines) is 1. The van der Waals surface area contributed by atoms with Crippen LogP contribution in [0, 0.1) is 4.78 Å². The highest BCUT2D eigenvalue weighted by molar-refractivity contribution is 7.92. The summed E-state index contributed by atoms with van der Waals surface area (Å²) in [4.78, 5) is 13.8. The van der Waals surface area contributed by atoms with Crippen LogP contribution in [0.2, 0.25) is 0 Å². The van der Waals surface area contributed by atoms with Crippen molar-refractivity contribution in [3.05, 3.63) is 0 Å². The molecule has 1 spiro atoms. The van der Waals surface area contributed by atoms with Gasteiger partial charge in [0.1, 0.15) is 5.60 Å². The smallest absolute Gasteiger partial charge is 0.410 e. The number of ether oxygens (including phenoxy) is 1. The van der Waals surface area contributed by atoms with E-state index in [9.17, 15) is 9.00 Å². The highest BCUT2D eigenvalue weighted by Gasteiger charge is 2.50. The van der Waals surface area contributed by atoms with Crippen LogP contribution in [0.25, 0.3) is 0 Å². The van der Waals surface area contributed by atoms with Gasteiger partial charge in [-0.2, -0.15) is 0 Å². The molecule has 2 rings (SSSR count). The predicted octanol–water partition coefficient (Wildman–Crippen LogP) is 2.21. The first kappa shape index (κ1) is 13.6. The summed E-state index contributed by atoms with van der Waals surface area (Å²) >= 11 is 0. The average Bonchev–Trinajstić information content (AvgIpc) is 2.12. The first-order valence-electron chi connectivity index (χ1n) is 6.38. The maximum Gasteiger partial charge on any atom is 0.410 e. The lowest BCUT2D eigenvalue weighted by Gasteiger charge is -2.54. The van der Waals surface area contributed by atoms with E-state index in [1.54, 1.807) is 4.90 Å². The lowest BCUT2D eigenvalue weighted by molar-refractivity contribution is -0.0485. The second kappa shape index (κ2) is 4.11. The molecule has 2 aliphatic heterocycles. The Balaban J connectivity index is 2.02. The molecule has 0 aliphatic carbocycles. The summed E-state index contributed by atoms with van der Waals surface area (Å²) in [6, 6.07) is 0. The molecule has 0 radical (unpaired) electrons. The summed E-state index contributed by atoms with van der Waals surface area (Å²) in [5.41, 5.74) is -0.657. The minimum Gasteiger partial charge on any atom is -0.444 e. The fourth-order valence-electron chi connectivity index (χ4n) is 2.60. The van der Waals surface area contributed by atoms with Crippen LogP contribution >= 0.6 is 0 Å². The summed E-state index contributed by atoms with van der Waals surface area (Å²) in [7, 11) is -2.39. The van der Waals surface area contributed by atoms with E-state index in [-0.39, 0.29) is 11.6 Å². The molecule has 2 fully saturated rings. The number of carbonyl (C=O) groups excluding carboxylic acids is 1. The Labute approximate surface area is 109 Å². The Morgan fingerprint density at radius 1 is 1.28 bits per heavy atom. The highest BCUT2D eigenvalue weighted by atomic mass is 32.2. The van der Waals surface area contributed by atoms with Gasteiger partial charge in [0.2, 0.25) is 0 Å². The molecule has 0 saturated carbocycles. The van der Waals surface area contributed by atoms with Gasteiger partial charge in [0.05, 0.1) is 0 Å². The normalized spacial score (nSPS) is 36.3. The van der Waals surface area contributed by atoms with Gasteiger partial charge < -0.3 is 9.64 Å². The van der Waals surface area contributed by atoms with Gasteiger partial charge in [-0.25, -0.2) is 9.00 Å². The van der Waals surface area contributed by atoms with E-state index in [2.05, 4.69) is 0 Å². The van der Waals surface area contributed by atoms with Crippen LogP contribution in [-0.4, -0.2) is 44.4 Å². The summed E-state index contributed by atoms with van der Waals surface area (Å²) in [5.74, 6) is 0.818. The fourth-order valence-corrected chi connectivity index (χ4v) is 4.22. The van der Waals surface area contributed by atoms with Crippen LogP contribution in [0.5, 0.6) is 0 Å². The monoisotopic (exact) mass is 274 g/mol. The topological polar surface area (TPSA) is 70.5 Å². The van der Waals surface area contributed by atoms with Gasteiger partial charge in [0.25, 0.3) is 0 Å². The number of hydrogen-bond acceptors (Lipinski definition) is 4. The Morgan fingerprint density at radius 3 is 2.22 bits per heavy atom. The number of nitrogens with zero attached hydrogens (tertiary/aromatic N) is 1. The molecule has 2 saturated heterocycles. The van der Waals surface area contributed by atoms with E-state index >= 15 is 0 Å². The van der Waals surface area contributed by atoms with Gasteiger partial charge >= 0.3 is 6.09 Å². The molecule has 0 bridgehead atoms. The molecule has 0 aromatic rings. The first-order chi connectivity index (χ1) is 8.14. The lowest BCUT2D eigenvalue weighted by atomic mass is 9.80. The summed E-state index contributed by atoms with van der Waals surface area (Å²) in [6.45, 7) is 6.28. The molecule has 0 aromatic carbocycles. The number of rotatable bonds is 0. The Kier molecular flexibility index (Phi) is 3.12. The second-order valence-electron chi connectivity index (χ2n) is 6.33. The van der Waals surface area contributed by atoms with Crippen molar-refractivity contribution in [1.29, 1.82) is 4.78 Å². The third-order valence-electron chi connectivity index (χ3n) is 3.78. The van der Waals surface area contributed by atoms with Crippen molar-refractivity contribution >= 4 is 15.8 Å². The van der Waals surface area contributed by atoms with Gasteiger partial charge in [-0.05, 0) is 40.0 Å². The van der Waals surface area contributed by atoms with Crippen molar-refractivity contribution in [2.24, 2.45) is 0 Å². The van der Waals surface area contributed by atoms with Gasteiger partial charge in [-0.1, -0.05) is 0 Å². The first-order valence-corrected chi connectivity index (χ1v) is 8.28.